The number of hydrogen-bond acceptors (Lipinski definition) is 4. The second-order valence-corrected chi connectivity index (χ2v) is 7.79. The zero-order chi connectivity index (χ0) is 14.8. The van der Waals surface area contributed by atoms with Crippen LogP contribution in [-0.4, -0.2) is 32.9 Å². The molecular weight excluding hydrogens is 344 g/mol. The minimum absolute atomic E-state index is 0.236. The minimum Gasteiger partial charge on any atom is -0.452 e. The molecule has 0 spiro atoms. The summed E-state index contributed by atoms with van der Waals surface area (Å²) in [7, 11) is -1.68. The maximum atomic E-state index is 12.7. The van der Waals surface area contributed by atoms with E-state index in [2.05, 4.69) is 28.2 Å². The van der Waals surface area contributed by atoms with Gasteiger partial charge in [-0.3, -0.25) is 0 Å². The maximum Gasteiger partial charge on any atom is 0.247 e. The van der Waals surface area contributed by atoms with E-state index in [9.17, 15) is 8.42 Å². The van der Waals surface area contributed by atoms with Crippen LogP contribution < -0.4 is 5.32 Å². The summed E-state index contributed by atoms with van der Waals surface area (Å²) in [5.41, 5.74) is 0. The third-order valence-electron chi connectivity index (χ3n) is 3.73. The van der Waals surface area contributed by atoms with Crippen LogP contribution in [0.4, 0.5) is 0 Å². The van der Waals surface area contributed by atoms with Crippen molar-refractivity contribution in [2.75, 3.05) is 20.1 Å². The third-order valence-corrected chi connectivity index (χ3v) is 6.46. The van der Waals surface area contributed by atoms with Crippen molar-refractivity contribution in [3.8, 4) is 0 Å². The van der Waals surface area contributed by atoms with Crippen molar-refractivity contribution in [2.24, 2.45) is 5.92 Å². The van der Waals surface area contributed by atoms with Crippen molar-refractivity contribution in [3.05, 3.63) is 16.5 Å². The molecule has 0 saturated carbocycles. The first kappa shape index (κ1) is 16.0. The molecule has 1 aromatic heterocycles. The Morgan fingerprint density at radius 2 is 2.30 bits per heavy atom. The van der Waals surface area contributed by atoms with Gasteiger partial charge in [0.1, 0.15) is 10.7 Å². The van der Waals surface area contributed by atoms with Gasteiger partial charge in [-0.1, -0.05) is 13.3 Å². The molecule has 1 unspecified atom stereocenters. The lowest BCUT2D eigenvalue weighted by Crippen LogP contribution is -2.39. The van der Waals surface area contributed by atoms with Crippen molar-refractivity contribution in [2.45, 2.75) is 37.6 Å². The quantitative estimate of drug-likeness (QED) is 0.871. The Bertz CT molecular complexity index is 556. The number of piperidine rings is 1. The molecule has 1 fully saturated rings. The van der Waals surface area contributed by atoms with Gasteiger partial charge in [-0.15, -0.1) is 0 Å². The van der Waals surface area contributed by atoms with Crippen LogP contribution in [0.3, 0.4) is 0 Å². The molecular formula is C13H21BrN2O3S. The van der Waals surface area contributed by atoms with E-state index < -0.39 is 10.0 Å². The molecule has 0 amide bonds. The van der Waals surface area contributed by atoms with E-state index in [0.29, 0.717) is 36.0 Å². The fourth-order valence-corrected chi connectivity index (χ4v) is 5.07. The largest absolute Gasteiger partial charge is 0.452 e. The Balaban J connectivity index is 2.25. The molecule has 1 aromatic rings. The van der Waals surface area contributed by atoms with E-state index in [0.717, 1.165) is 19.3 Å². The van der Waals surface area contributed by atoms with Gasteiger partial charge in [0.25, 0.3) is 0 Å². The number of halogens is 1. The summed E-state index contributed by atoms with van der Waals surface area (Å²) in [6.45, 7) is 3.82. The van der Waals surface area contributed by atoms with Crippen molar-refractivity contribution in [1.29, 1.82) is 0 Å². The zero-order valence-corrected chi connectivity index (χ0v) is 14.3. The van der Waals surface area contributed by atoms with Crippen LogP contribution in [-0.2, 0) is 16.6 Å². The zero-order valence-electron chi connectivity index (χ0n) is 11.9. The van der Waals surface area contributed by atoms with E-state index in [-0.39, 0.29) is 4.90 Å². The molecule has 7 heteroatoms. The summed E-state index contributed by atoms with van der Waals surface area (Å²) >= 11 is 3.22. The van der Waals surface area contributed by atoms with Crippen LogP contribution in [0.25, 0.3) is 0 Å². The number of hydrogen-bond donors (Lipinski definition) is 1. The van der Waals surface area contributed by atoms with E-state index in [1.54, 1.807) is 17.4 Å². The smallest absolute Gasteiger partial charge is 0.247 e. The van der Waals surface area contributed by atoms with Gasteiger partial charge in [0.2, 0.25) is 10.0 Å². The molecule has 1 aliphatic rings. The first-order chi connectivity index (χ1) is 9.48. The van der Waals surface area contributed by atoms with Crippen LogP contribution in [0.2, 0.25) is 0 Å². The Morgan fingerprint density at radius 3 is 2.95 bits per heavy atom. The van der Waals surface area contributed by atoms with E-state index in [1.165, 1.54) is 0 Å². The van der Waals surface area contributed by atoms with Gasteiger partial charge in [-0.05, 0) is 41.7 Å². The summed E-state index contributed by atoms with van der Waals surface area (Å²) in [5, 5.41) is 2.95. The van der Waals surface area contributed by atoms with Crippen LogP contribution in [0.5, 0.6) is 0 Å². The lowest BCUT2D eigenvalue weighted by atomic mass is 9.97. The molecule has 1 aliphatic heterocycles. The molecule has 114 valence electrons. The predicted molar refractivity (Wildman–Crippen MR) is 80.9 cm³/mol. The Labute approximate surface area is 128 Å². The second kappa shape index (κ2) is 6.60. The summed E-state index contributed by atoms with van der Waals surface area (Å²) in [4.78, 5) is 0.236. The van der Waals surface area contributed by atoms with Crippen molar-refractivity contribution < 1.29 is 12.8 Å². The standard InChI is InChI=1S/C13H21BrN2O3S/c1-3-10-5-4-6-16(9-10)20(17,18)12-7-11(8-15-2)19-13(12)14/h7,10,15H,3-6,8-9H2,1-2H3. The van der Waals surface area contributed by atoms with Gasteiger partial charge in [0, 0.05) is 19.2 Å². The summed E-state index contributed by atoms with van der Waals surface area (Å²) < 4.78 is 32.7. The predicted octanol–water partition coefficient (Wildman–Crippen LogP) is 2.57. The van der Waals surface area contributed by atoms with Gasteiger partial charge in [-0.25, -0.2) is 8.42 Å². The van der Waals surface area contributed by atoms with E-state index >= 15 is 0 Å². The normalized spacial score (nSPS) is 21.2. The molecule has 0 radical (unpaired) electrons. The number of rotatable bonds is 5. The van der Waals surface area contributed by atoms with E-state index in [1.807, 2.05) is 0 Å². The number of sulfonamides is 1. The van der Waals surface area contributed by atoms with Gasteiger partial charge < -0.3 is 9.73 Å². The van der Waals surface area contributed by atoms with Crippen molar-refractivity contribution in [3.63, 3.8) is 0 Å². The Hall–Kier alpha value is -0.370. The molecule has 1 atom stereocenters. The lowest BCUT2D eigenvalue weighted by Gasteiger charge is -2.31. The van der Waals surface area contributed by atoms with Gasteiger partial charge in [0.15, 0.2) is 4.67 Å². The molecule has 1 saturated heterocycles. The highest BCUT2D eigenvalue weighted by atomic mass is 79.9. The van der Waals surface area contributed by atoms with Crippen molar-refractivity contribution >= 4 is 26.0 Å². The first-order valence-corrected chi connectivity index (χ1v) is 9.15. The SMILES string of the molecule is CCC1CCCN(S(=O)(=O)c2cc(CNC)oc2Br)C1. The molecule has 0 aromatic carbocycles. The highest BCUT2D eigenvalue weighted by Gasteiger charge is 2.32. The number of nitrogens with zero attached hydrogens (tertiary/aromatic N) is 1. The summed E-state index contributed by atoms with van der Waals surface area (Å²) in [6.07, 6.45) is 3.06. The lowest BCUT2D eigenvalue weighted by molar-refractivity contribution is 0.261. The average molecular weight is 365 g/mol. The van der Waals surface area contributed by atoms with Gasteiger partial charge in [0.05, 0.1) is 6.54 Å². The topological polar surface area (TPSA) is 62.6 Å². The highest BCUT2D eigenvalue weighted by Crippen LogP contribution is 2.31. The fraction of sp³-hybridized carbons (Fsp3) is 0.692. The molecule has 0 bridgehead atoms. The van der Waals surface area contributed by atoms with Crippen LogP contribution in [0.15, 0.2) is 20.0 Å². The monoisotopic (exact) mass is 364 g/mol. The van der Waals surface area contributed by atoms with Gasteiger partial charge >= 0.3 is 0 Å². The third kappa shape index (κ3) is 3.27. The Kier molecular flexibility index (Phi) is 5.28. The molecule has 0 aliphatic carbocycles. The first-order valence-electron chi connectivity index (χ1n) is 6.92. The van der Waals surface area contributed by atoms with Crippen LogP contribution in [0, 0.1) is 5.92 Å². The maximum absolute atomic E-state index is 12.7. The molecule has 20 heavy (non-hydrogen) atoms. The molecule has 5 nitrogen and oxygen atoms in total. The number of furan rings is 1. The van der Waals surface area contributed by atoms with Crippen LogP contribution >= 0.6 is 15.9 Å². The molecule has 2 heterocycles. The minimum atomic E-state index is -3.47. The van der Waals surface area contributed by atoms with E-state index in [4.69, 9.17) is 4.42 Å². The highest BCUT2D eigenvalue weighted by molar-refractivity contribution is 9.10. The fourth-order valence-electron chi connectivity index (χ4n) is 2.55. The molecule has 2 rings (SSSR count). The summed E-state index contributed by atoms with van der Waals surface area (Å²) in [5.74, 6) is 1.07. The summed E-state index contributed by atoms with van der Waals surface area (Å²) in [6, 6.07) is 1.60. The second-order valence-electron chi connectivity index (χ2n) is 5.16. The van der Waals surface area contributed by atoms with Gasteiger partial charge in [-0.2, -0.15) is 4.31 Å². The number of nitrogens with one attached hydrogen (secondary N) is 1. The van der Waals surface area contributed by atoms with Crippen LogP contribution in [0.1, 0.15) is 31.9 Å². The van der Waals surface area contributed by atoms with Crippen molar-refractivity contribution in [1.82, 2.24) is 9.62 Å². The molecule has 1 N–H and O–H groups in total. The Morgan fingerprint density at radius 1 is 1.55 bits per heavy atom. The average Bonchev–Trinajstić information content (AvgIpc) is 2.81.